The number of benzene rings is 2. The number of rotatable bonds is 8. The first-order valence-corrected chi connectivity index (χ1v) is 8.71. The highest BCUT2D eigenvalue weighted by Crippen LogP contribution is 2.43. The summed E-state index contributed by atoms with van der Waals surface area (Å²) >= 11 is 0. The highest BCUT2D eigenvalue weighted by Gasteiger charge is 2.23. The predicted octanol–water partition coefficient (Wildman–Crippen LogP) is 3.94. The molecule has 25 heavy (non-hydrogen) atoms. The zero-order valence-electron chi connectivity index (χ0n) is 15.3. The molecule has 0 aromatic heterocycles. The third-order valence-electron chi connectivity index (χ3n) is 4.51. The van der Waals surface area contributed by atoms with Crippen LogP contribution in [0.5, 0.6) is 11.5 Å². The topological polar surface area (TPSA) is 36.9 Å². The Balaban J connectivity index is 2.11. The monoisotopic (exact) mass is 342 g/mol. The smallest absolute Gasteiger partial charge is 0.131 e. The van der Waals surface area contributed by atoms with Crippen molar-refractivity contribution in [2.45, 2.75) is 19.8 Å². The number of allylic oxidation sites excluding steroid dienone is 2. The van der Waals surface area contributed by atoms with E-state index in [4.69, 9.17) is 18.9 Å². The predicted molar refractivity (Wildman–Crippen MR) is 99.9 cm³/mol. The van der Waals surface area contributed by atoms with Crippen molar-refractivity contribution in [2.24, 2.45) is 0 Å². The van der Waals surface area contributed by atoms with Crippen LogP contribution < -0.4 is 9.47 Å². The first kappa shape index (κ1) is 17.8. The van der Waals surface area contributed by atoms with E-state index in [0.29, 0.717) is 26.4 Å². The molecule has 0 amide bonds. The zero-order chi connectivity index (χ0) is 17.6. The third kappa shape index (κ3) is 3.80. The van der Waals surface area contributed by atoms with Crippen molar-refractivity contribution >= 4 is 10.8 Å². The summed E-state index contributed by atoms with van der Waals surface area (Å²) in [4.78, 5) is 0. The molecule has 4 heteroatoms. The Hall–Kier alpha value is -2.04. The van der Waals surface area contributed by atoms with Gasteiger partial charge in [-0.25, -0.2) is 0 Å². The van der Waals surface area contributed by atoms with Gasteiger partial charge in [0.25, 0.3) is 0 Å². The molecule has 0 spiro atoms. The van der Waals surface area contributed by atoms with Crippen LogP contribution in [0.15, 0.2) is 35.9 Å². The number of hydrogen-bond donors (Lipinski definition) is 0. The summed E-state index contributed by atoms with van der Waals surface area (Å²) in [5.74, 6) is 1.93. The lowest BCUT2D eigenvalue weighted by atomic mass is 9.87. The highest BCUT2D eigenvalue weighted by atomic mass is 16.5. The highest BCUT2D eigenvalue weighted by molar-refractivity contribution is 5.96. The molecule has 0 bridgehead atoms. The van der Waals surface area contributed by atoms with E-state index in [9.17, 15) is 0 Å². The Morgan fingerprint density at radius 1 is 0.800 bits per heavy atom. The van der Waals surface area contributed by atoms with Crippen LogP contribution in [0.3, 0.4) is 0 Å². The van der Waals surface area contributed by atoms with Gasteiger partial charge in [-0.15, -0.1) is 0 Å². The van der Waals surface area contributed by atoms with Crippen molar-refractivity contribution in [2.75, 3.05) is 40.6 Å². The van der Waals surface area contributed by atoms with Crippen molar-refractivity contribution in [3.8, 4) is 11.5 Å². The Labute approximate surface area is 149 Å². The molecule has 0 aliphatic heterocycles. The zero-order valence-corrected chi connectivity index (χ0v) is 15.3. The summed E-state index contributed by atoms with van der Waals surface area (Å²) < 4.78 is 22.6. The summed E-state index contributed by atoms with van der Waals surface area (Å²) in [6.45, 7) is 4.40. The lowest BCUT2D eigenvalue weighted by molar-refractivity contribution is 0.144. The van der Waals surface area contributed by atoms with Gasteiger partial charge in [0, 0.05) is 36.1 Å². The van der Waals surface area contributed by atoms with E-state index in [0.717, 1.165) is 35.1 Å². The maximum atomic E-state index is 6.15. The molecule has 0 unspecified atom stereocenters. The molecule has 4 nitrogen and oxygen atoms in total. The molecule has 0 fully saturated rings. The quantitative estimate of drug-likeness (QED) is 0.538. The van der Waals surface area contributed by atoms with Crippen molar-refractivity contribution < 1.29 is 18.9 Å². The van der Waals surface area contributed by atoms with Crippen molar-refractivity contribution in [1.29, 1.82) is 0 Å². The molecule has 2 aromatic rings. The molecule has 2 aromatic carbocycles. The second kappa shape index (κ2) is 8.37. The van der Waals surface area contributed by atoms with E-state index in [-0.39, 0.29) is 0 Å². The Bertz CT molecular complexity index is 764. The van der Waals surface area contributed by atoms with Gasteiger partial charge >= 0.3 is 0 Å². The van der Waals surface area contributed by atoms with Crippen molar-refractivity contribution in [1.82, 2.24) is 0 Å². The van der Waals surface area contributed by atoms with Gasteiger partial charge in [-0.05, 0) is 19.8 Å². The van der Waals surface area contributed by atoms with Crippen molar-refractivity contribution in [3.63, 3.8) is 0 Å². The first-order valence-electron chi connectivity index (χ1n) is 8.71. The lowest BCUT2D eigenvalue weighted by Gasteiger charge is -2.25. The molecule has 0 radical (unpaired) electrons. The van der Waals surface area contributed by atoms with Crippen LogP contribution in [0.2, 0.25) is 0 Å². The Kier molecular flexibility index (Phi) is 5.95. The van der Waals surface area contributed by atoms with E-state index < -0.39 is 0 Å². The normalized spacial score (nSPS) is 13.5. The van der Waals surface area contributed by atoms with Crippen molar-refractivity contribution in [3.05, 3.63) is 47.0 Å². The van der Waals surface area contributed by atoms with Gasteiger partial charge in [-0.1, -0.05) is 35.9 Å². The molecule has 0 saturated carbocycles. The molecule has 0 atom stereocenters. The van der Waals surface area contributed by atoms with Crippen LogP contribution in [-0.4, -0.2) is 40.6 Å². The summed E-state index contributed by atoms with van der Waals surface area (Å²) in [5.41, 5.74) is 3.83. The molecule has 0 N–H and O–H groups in total. The summed E-state index contributed by atoms with van der Waals surface area (Å²) in [6, 6.07) is 8.30. The molecule has 1 aliphatic carbocycles. The SMILES string of the molecule is COCCOc1c2c(c(OCCOC)c3ccccc13)CC(C)=CC2. The van der Waals surface area contributed by atoms with Gasteiger partial charge in [-0.3, -0.25) is 0 Å². The van der Waals surface area contributed by atoms with Gasteiger partial charge in [0.15, 0.2) is 0 Å². The van der Waals surface area contributed by atoms with Crippen LogP contribution in [0.1, 0.15) is 18.1 Å². The minimum atomic E-state index is 0.541. The number of methoxy groups -OCH3 is 2. The number of ether oxygens (including phenoxy) is 4. The second-order valence-electron chi connectivity index (χ2n) is 6.27. The molecule has 1 aliphatic rings. The second-order valence-corrected chi connectivity index (χ2v) is 6.27. The number of hydrogen-bond acceptors (Lipinski definition) is 4. The average Bonchev–Trinajstić information content (AvgIpc) is 2.63. The molecule has 0 heterocycles. The molecule has 0 saturated heterocycles. The molecular weight excluding hydrogens is 316 g/mol. The van der Waals surface area contributed by atoms with E-state index in [1.54, 1.807) is 14.2 Å². The fourth-order valence-corrected chi connectivity index (χ4v) is 3.29. The van der Waals surface area contributed by atoms with Crippen LogP contribution in [0, 0.1) is 0 Å². The fourth-order valence-electron chi connectivity index (χ4n) is 3.29. The average molecular weight is 342 g/mol. The van der Waals surface area contributed by atoms with Gasteiger partial charge in [0.2, 0.25) is 0 Å². The van der Waals surface area contributed by atoms with Crippen LogP contribution in [-0.2, 0) is 22.3 Å². The summed E-state index contributed by atoms with van der Waals surface area (Å²) in [7, 11) is 3.38. The van der Waals surface area contributed by atoms with E-state index in [1.165, 1.54) is 16.7 Å². The molecule has 3 rings (SSSR count). The van der Waals surface area contributed by atoms with E-state index in [2.05, 4.69) is 25.1 Å². The standard InChI is InChI=1S/C21H26O4/c1-15-8-9-18-19(14-15)21(25-13-11-23-3)17-7-5-4-6-16(17)20(18)24-12-10-22-2/h4-8H,9-14H2,1-3H3. The van der Waals surface area contributed by atoms with Crippen LogP contribution in [0.25, 0.3) is 10.8 Å². The third-order valence-corrected chi connectivity index (χ3v) is 4.51. The molecular formula is C21H26O4. The van der Waals surface area contributed by atoms with Gasteiger partial charge in [0.1, 0.15) is 24.7 Å². The van der Waals surface area contributed by atoms with Gasteiger partial charge in [-0.2, -0.15) is 0 Å². The number of fused-ring (bicyclic) bond motifs is 2. The minimum Gasteiger partial charge on any atom is -0.490 e. The summed E-state index contributed by atoms with van der Waals surface area (Å²) in [6.07, 6.45) is 4.04. The maximum absolute atomic E-state index is 6.15. The minimum absolute atomic E-state index is 0.541. The van der Waals surface area contributed by atoms with Crippen LogP contribution >= 0.6 is 0 Å². The Morgan fingerprint density at radius 3 is 1.92 bits per heavy atom. The largest absolute Gasteiger partial charge is 0.490 e. The molecule has 134 valence electrons. The first-order chi connectivity index (χ1) is 12.3. The Morgan fingerprint density at radius 2 is 1.36 bits per heavy atom. The van der Waals surface area contributed by atoms with E-state index >= 15 is 0 Å². The summed E-state index contributed by atoms with van der Waals surface area (Å²) in [5, 5.41) is 2.19. The van der Waals surface area contributed by atoms with Crippen LogP contribution in [0.4, 0.5) is 0 Å². The van der Waals surface area contributed by atoms with Gasteiger partial charge < -0.3 is 18.9 Å². The maximum Gasteiger partial charge on any atom is 0.131 e. The van der Waals surface area contributed by atoms with E-state index in [1.807, 2.05) is 12.1 Å². The van der Waals surface area contributed by atoms with Gasteiger partial charge in [0.05, 0.1) is 13.2 Å². The fraction of sp³-hybridized carbons (Fsp3) is 0.429. The lowest BCUT2D eigenvalue weighted by Crippen LogP contribution is -2.13.